The Balaban J connectivity index is 1.61. The average Bonchev–Trinajstić information content (AvgIpc) is 3.16. The Bertz CT molecular complexity index is 1230. The second-order valence-electron chi connectivity index (χ2n) is 6.93. The van der Waals surface area contributed by atoms with E-state index in [2.05, 4.69) is 25.9 Å². The van der Waals surface area contributed by atoms with Gasteiger partial charge in [-0.25, -0.2) is 9.78 Å². The van der Waals surface area contributed by atoms with Crippen molar-refractivity contribution in [3.05, 3.63) is 92.8 Å². The number of ether oxygens (including phenoxy) is 1. The molecule has 0 aliphatic heterocycles. The van der Waals surface area contributed by atoms with Gasteiger partial charge in [-0.3, -0.25) is 0 Å². The molecule has 0 saturated carbocycles. The second-order valence-corrected chi connectivity index (χ2v) is 8.88. The van der Waals surface area contributed by atoms with Crippen LogP contribution in [0, 0.1) is 6.92 Å². The van der Waals surface area contributed by atoms with E-state index in [-0.39, 0.29) is 4.91 Å². The number of carboxylic acids is 1. The Labute approximate surface area is 192 Å². The molecule has 156 valence electrons. The summed E-state index contributed by atoms with van der Waals surface area (Å²) in [6.07, 6.45) is 1.61. The molecule has 0 amide bonds. The molecular formula is C24H19BrN2O3S. The molecule has 0 aliphatic rings. The number of aryl methyl sites for hydroxylation is 1. The smallest absolute Gasteiger partial charge is 0.342 e. The first-order chi connectivity index (χ1) is 15.0. The Morgan fingerprint density at radius 3 is 2.68 bits per heavy atom. The monoisotopic (exact) mass is 494 g/mol. The summed E-state index contributed by atoms with van der Waals surface area (Å²) in [4.78, 5) is 19.7. The molecule has 1 heterocycles. The molecule has 31 heavy (non-hydrogen) atoms. The SMILES string of the molecule is Cc1ccc(COc2ccc(Br)cc2/C=C(\Sc2nc3ccccc3[nH]2)C(=O)O)cc1. The summed E-state index contributed by atoms with van der Waals surface area (Å²) in [6, 6.07) is 21.2. The van der Waals surface area contributed by atoms with Crippen molar-refractivity contribution in [3.63, 3.8) is 0 Å². The van der Waals surface area contributed by atoms with E-state index in [1.165, 1.54) is 5.56 Å². The third-order valence-corrected chi connectivity index (χ3v) is 5.95. The van der Waals surface area contributed by atoms with Crippen molar-refractivity contribution in [2.45, 2.75) is 18.7 Å². The molecule has 3 aromatic carbocycles. The number of H-pyrrole nitrogens is 1. The molecule has 1 aromatic heterocycles. The highest BCUT2D eigenvalue weighted by Gasteiger charge is 2.15. The number of carboxylic acid groups (broad SMARTS) is 1. The first-order valence-electron chi connectivity index (χ1n) is 9.53. The predicted molar refractivity (Wildman–Crippen MR) is 127 cm³/mol. The summed E-state index contributed by atoms with van der Waals surface area (Å²) in [5, 5.41) is 10.3. The maximum Gasteiger partial charge on any atom is 0.342 e. The second kappa shape index (κ2) is 9.41. The van der Waals surface area contributed by atoms with Crippen LogP contribution < -0.4 is 4.74 Å². The maximum atomic E-state index is 11.9. The number of aromatic amines is 1. The lowest BCUT2D eigenvalue weighted by Crippen LogP contribution is -2.00. The number of aliphatic carboxylic acids is 1. The van der Waals surface area contributed by atoms with Crippen molar-refractivity contribution < 1.29 is 14.6 Å². The minimum absolute atomic E-state index is 0.136. The summed E-state index contributed by atoms with van der Waals surface area (Å²) in [5.74, 6) is -0.428. The molecule has 4 rings (SSSR count). The van der Waals surface area contributed by atoms with E-state index in [9.17, 15) is 9.90 Å². The molecule has 0 bridgehead atoms. The molecule has 7 heteroatoms. The number of imidazole rings is 1. The van der Waals surface area contributed by atoms with Gasteiger partial charge in [-0.15, -0.1) is 0 Å². The zero-order chi connectivity index (χ0) is 21.8. The van der Waals surface area contributed by atoms with Gasteiger partial charge in [-0.2, -0.15) is 0 Å². The lowest BCUT2D eigenvalue weighted by molar-refractivity contribution is -0.131. The summed E-state index contributed by atoms with van der Waals surface area (Å²) >= 11 is 4.53. The fourth-order valence-corrected chi connectivity index (χ4v) is 4.13. The van der Waals surface area contributed by atoms with Gasteiger partial charge in [0.15, 0.2) is 5.16 Å². The molecule has 0 radical (unpaired) electrons. The number of aromatic nitrogens is 2. The fraction of sp³-hybridized carbons (Fsp3) is 0.0833. The van der Waals surface area contributed by atoms with Crippen molar-refractivity contribution >= 4 is 50.8 Å². The quantitative estimate of drug-likeness (QED) is 0.228. The Kier molecular flexibility index (Phi) is 6.44. The van der Waals surface area contributed by atoms with Gasteiger partial charge in [0.05, 0.1) is 11.0 Å². The number of nitrogens with zero attached hydrogens (tertiary/aromatic N) is 1. The van der Waals surface area contributed by atoms with E-state index in [1.807, 2.05) is 73.7 Å². The third kappa shape index (κ3) is 5.37. The zero-order valence-electron chi connectivity index (χ0n) is 16.6. The van der Waals surface area contributed by atoms with E-state index in [0.717, 1.165) is 32.8 Å². The van der Waals surface area contributed by atoms with E-state index in [1.54, 1.807) is 6.08 Å². The van der Waals surface area contributed by atoms with Crippen LogP contribution in [0.4, 0.5) is 0 Å². The van der Waals surface area contributed by atoms with Gasteiger partial charge in [0.1, 0.15) is 17.3 Å². The first-order valence-corrected chi connectivity index (χ1v) is 11.1. The van der Waals surface area contributed by atoms with Crippen molar-refractivity contribution in [2.24, 2.45) is 0 Å². The molecular weight excluding hydrogens is 476 g/mol. The average molecular weight is 495 g/mol. The summed E-state index contributed by atoms with van der Waals surface area (Å²) in [7, 11) is 0. The van der Waals surface area contributed by atoms with Crippen LogP contribution in [-0.4, -0.2) is 21.0 Å². The highest BCUT2D eigenvalue weighted by Crippen LogP contribution is 2.32. The minimum atomic E-state index is -1.03. The van der Waals surface area contributed by atoms with Crippen molar-refractivity contribution in [1.82, 2.24) is 9.97 Å². The van der Waals surface area contributed by atoms with Gasteiger partial charge in [0, 0.05) is 10.0 Å². The van der Waals surface area contributed by atoms with Crippen LogP contribution in [0.3, 0.4) is 0 Å². The maximum absolute atomic E-state index is 11.9. The molecule has 2 N–H and O–H groups in total. The lowest BCUT2D eigenvalue weighted by atomic mass is 10.1. The van der Waals surface area contributed by atoms with E-state index in [4.69, 9.17) is 4.74 Å². The highest BCUT2D eigenvalue weighted by atomic mass is 79.9. The highest BCUT2D eigenvalue weighted by molar-refractivity contribution is 9.10. The van der Waals surface area contributed by atoms with Gasteiger partial charge >= 0.3 is 5.97 Å². The van der Waals surface area contributed by atoms with Crippen molar-refractivity contribution in [1.29, 1.82) is 0 Å². The van der Waals surface area contributed by atoms with Gasteiger partial charge in [-0.1, -0.05) is 57.9 Å². The minimum Gasteiger partial charge on any atom is -0.488 e. The summed E-state index contributed by atoms with van der Waals surface area (Å²) in [5.41, 5.74) is 4.55. The lowest BCUT2D eigenvalue weighted by Gasteiger charge is -2.11. The number of para-hydroxylation sites is 2. The van der Waals surface area contributed by atoms with Gasteiger partial charge < -0.3 is 14.8 Å². The molecule has 0 aliphatic carbocycles. The van der Waals surface area contributed by atoms with Crippen LogP contribution in [0.15, 0.2) is 81.3 Å². The summed E-state index contributed by atoms with van der Waals surface area (Å²) in [6.45, 7) is 2.43. The standard InChI is InChI=1S/C24H19BrN2O3S/c1-15-6-8-16(9-7-15)14-30-21-11-10-18(25)12-17(21)13-22(23(28)29)31-24-26-19-4-2-3-5-20(19)27-24/h2-13H,14H2,1H3,(H,26,27)(H,28,29)/b22-13-. The number of halogens is 1. The number of hydrogen-bond donors (Lipinski definition) is 2. The predicted octanol–water partition coefficient (Wildman–Crippen LogP) is 6.43. The largest absolute Gasteiger partial charge is 0.488 e. The fourth-order valence-electron chi connectivity index (χ4n) is 2.97. The molecule has 0 unspecified atom stereocenters. The number of hydrogen-bond acceptors (Lipinski definition) is 4. The first kappa shape index (κ1) is 21.2. The Hall–Kier alpha value is -3.03. The molecule has 0 atom stereocenters. The molecule has 0 saturated heterocycles. The number of thioether (sulfide) groups is 1. The number of rotatable bonds is 7. The van der Waals surface area contributed by atoms with Crippen LogP contribution in [0.1, 0.15) is 16.7 Å². The number of fused-ring (bicyclic) bond motifs is 1. The van der Waals surface area contributed by atoms with Gasteiger partial charge in [0.25, 0.3) is 0 Å². The number of carbonyl (C=O) groups is 1. The Morgan fingerprint density at radius 2 is 1.94 bits per heavy atom. The topological polar surface area (TPSA) is 75.2 Å². The summed E-state index contributed by atoms with van der Waals surface area (Å²) < 4.78 is 6.84. The van der Waals surface area contributed by atoms with E-state index >= 15 is 0 Å². The van der Waals surface area contributed by atoms with Gasteiger partial charge in [0.2, 0.25) is 0 Å². The van der Waals surface area contributed by atoms with Crippen molar-refractivity contribution in [3.8, 4) is 5.75 Å². The van der Waals surface area contributed by atoms with Crippen LogP contribution in [0.5, 0.6) is 5.75 Å². The van der Waals surface area contributed by atoms with E-state index < -0.39 is 5.97 Å². The van der Waals surface area contributed by atoms with E-state index in [0.29, 0.717) is 23.1 Å². The number of benzene rings is 3. The Morgan fingerprint density at radius 1 is 1.16 bits per heavy atom. The van der Waals surface area contributed by atoms with Crippen LogP contribution >= 0.6 is 27.7 Å². The normalized spacial score (nSPS) is 11.6. The van der Waals surface area contributed by atoms with Crippen LogP contribution in [0.25, 0.3) is 17.1 Å². The molecule has 0 fully saturated rings. The zero-order valence-corrected chi connectivity index (χ0v) is 19.0. The van der Waals surface area contributed by atoms with Crippen molar-refractivity contribution in [2.75, 3.05) is 0 Å². The molecule has 4 aromatic rings. The number of nitrogens with one attached hydrogen (secondary N) is 1. The molecule has 5 nitrogen and oxygen atoms in total. The molecule has 0 spiro atoms. The third-order valence-electron chi connectivity index (χ3n) is 4.56. The van der Waals surface area contributed by atoms with Gasteiger partial charge in [-0.05, 0) is 60.7 Å². The van der Waals surface area contributed by atoms with Crippen LogP contribution in [0.2, 0.25) is 0 Å². The van der Waals surface area contributed by atoms with Crippen LogP contribution in [-0.2, 0) is 11.4 Å².